The minimum Gasteiger partial charge on any atom is -0.370 e. The predicted molar refractivity (Wildman–Crippen MR) is 77.9 cm³/mol. The molecule has 1 heterocycles. The van der Waals surface area contributed by atoms with E-state index < -0.39 is 6.04 Å². The summed E-state index contributed by atoms with van der Waals surface area (Å²) >= 11 is 11.8. The Bertz CT molecular complexity index is 658. The number of halogens is 2. The average molecular weight is 293 g/mol. The number of para-hydroxylation sites is 1. The monoisotopic (exact) mass is 292 g/mol. The van der Waals surface area contributed by atoms with E-state index in [9.17, 15) is 4.79 Å². The third-order valence-corrected chi connectivity index (χ3v) is 3.76. The second-order valence-corrected chi connectivity index (χ2v) is 5.10. The molecule has 2 aromatic rings. The van der Waals surface area contributed by atoms with Crippen molar-refractivity contribution < 1.29 is 4.79 Å². The van der Waals surface area contributed by atoms with Crippen molar-refractivity contribution in [2.45, 2.75) is 6.04 Å². The molecule has 0 fully saturated rings. The number of benzene rings is 2. The van der Waals surface area contributed by atoms with Gasteiger partial charge in [-0.3, -0.25) is 4.79 Å². The third kappa shape index (κ3) is 2.27. The number of nitrogens with one attached hydrogen (secondary N) is 2. The van der Waals surface area contributed by atoms with Crippen LogP contribution in [0.4, 0.5) is 11.4 Å². The molecule has 19 heavy (non-hydrogen) atoms. The Morgan fingerprint density at radius 1 is 1.05 bits per heavy atom. The normalized spacial score (nSPS) is 16.9. The molecular formula is C14H10Cl2N2O. The first-order chi connectivity index (χ1) is 9.15. The van der Waals surface area contributed by atoms with Crippen LogP contribution in [0, 0.1) is 0 Å². The maximum absolute atomic E-state index is 12.0. The first kappa shape index (κ1) is 12.3. The molecular weight excluding hydrogens is 283 g/mol. The van der Waals surface area contributed by atoms with Crippen molar-refractivity contribution in [1.29, 1.82) is 0 Å². The zero-order chi connectivity index (χ0) is 13.4. The molecule has 1 aliphatic rings. The number of anilines is 2. The zero-order valence-electron chi connectivity index (χ0n) is 9.78. The molecule has 3 rings (SSSR count). The van der Waals surface area contributed by atoms with Crippen LogP contribution in [0.25, 0.3) is 0 Å². The van der Waals surface area contributed by atoms with Crippen LogP contribution >= 0.6 is 23.2 Å². The average Bonchev–Trinajstić information content (AvgIpc) is 2.71. The lowest BCUT2D eigenvalue weighted by atomic mass is 10.1. The maximum atomic E-state index is 12.0. The first-order valence-corrected chi connectivity index (χ1v) is 6.52. The van der Waals surface area contributed by atoms with Gasteiger partial charge >= 0.3 is 0 Å². The second-order valence-electron chi connectivity index (χ2n) is 4.28. The van der Waals surface area contributed by atoms with Gasteiger partial charge in [-0.2, -0.15) is 0 Å². The molecule has 1 amide bonds. The van der Waals surface area contributed by atoms with E-state index in [0.29, 0.717) is 10.0 Å². The number of hydrogen-bond donors (Lipinski definition) is 2. The first-order valence-electron chi connectivity index (χ1n) is 5.76. The van der Waals surface area contributed by atoms with Gasteiger partial charge in [-0.1, -0.05) is 41.4 Å². The summed E-state index contributed by atoms with van der Waals surface area (Å²) in [5.74, 6) is -0.0766. The highest BCUT2D eigenvalue weighted by molar-refractivity contribution is 6.42. The summed E-state index contributed by atoms with van der Waals surface area (Å²) < 4.78 is 0. The summed E-state index contributed by atoms with van der Waals surface area (Å²) in [6, 6.07) is 12.4. The lowest BCUT2D eigenvalue weighted by Gasteiger charge is -2.13. The summed E-state index contributed by atoms with van der Waals surface area (Å²) in [6.07, 6.45) is 0. The van der Waals surface area contributed by atoms with E-state index in [1.807, 2.05) is 24.3 Å². The number of hydrogen-bond acceptors (Lipinski definition) is 2. The maximum Gasteiger partial charge on any atom is 0.251 e. The fourth-order valence-electron chi connectivity index (χ4n) is 2.10. The van der Waals surface area contributed by atoms with Gasteiger partial charge in [0.1, 0.15) is 6.04 Å². The van der Waals surface area contributed by atoms with Crippen LogP contribution in [0.1, 0.15) is 11.6 Å². The number of carbonyl (C=O) groups excluding carboxylic acids is 1. The van der Waals surface area contributed by atoms with Crippen LogP contribution in [0.2, 0.25) is 10.0 Å². The molecule has 5 heteroatoms. The third-order valence-electron chi connectivity index (χ3n) is 3.02. The molecule has 3 nitrogen and oxygen atoms in total. The smallest absolute Gasteiger partial charge is 0.251 e. The Morgan fingerprint density at radius 2 is 1.84 bits per heavy atom. The van der Waals surface area contributed by atoms with Crippen molar-refractivity contribution in [3.63, 3.8) is 0 Å². The van der Waals surface area contributed by atoms with E-state index in [1.54, 1.807) is 18.2 Å². The van der Waals surface area contributed by atoms with Gasteiger partial charge in [0.05, 0.1) is 10.0 Å². The Morgan fingerprint density at radius 3 is 2.63 bits per heavy atom. The van der Waals surface area contributed by atoms with Gasteiger partial charge in [0, 0.05) is 16.9 Å². The molecule has 0 bridgehead atoms. The van der Waals surface area contributed by atoms with E-state index in [-0.39, 0.29) is 5.91 Å². The number of rotatable bonds is 2. The van der Waals surface area contributed by atoms with Crippen molar-refractivity contribution in [3.05, 3.63) is 58.1 Å². The van der Waals surface area contributed by atoms with Crippen molar-refractivity contribution in [1.82, 2.24) is 0 Å². The highest BCUT2D eigenvalue weighted by Gasteiger charge is 2.29. The van der Waals surface area contributed by atoms with E-state index in [1.165, 1.54) is 0 Å². The van der Waals surface area contributed by atoms with Gasteiger partial charge < -0.3 is 10.6 Å². The Kier molecular flexibility index (Phi) is 3.09. The van der Waals surface area contributed by atoms with Crippen LogP contribution in [0.15, 0.2) is 42.5 Å². The molecule has 0 aliphatic carbocycles. The molecule has 0 aromatic heterocycles. The summed E-state index contributed by atoms with van der Waals surface area (Å²) in [5.41, 5.74) is 2.52. The molecule has 96 valence electrons. The molecule has 0 saturated carbocycles. The van der Waals surface area contributed by atoms with Gasteiger partial charge in [-0.25, -0.2) is 0 Å². The van der Waals surface area contributed by atoms with Crippen molar-refractivity contribution in [3.8, 4) is 0 Å². The minimum atomic E-state index is -0.409. The molecule has 0 saturated heterocycles. The van der Waals surface area contributed by atoms with Crippen LogP contribution in [0.5, 0.6) is 0 Å². The summed E-state index contributed by atoms with van der Waals surface area (Å²) in [5, 5.41) is 6.94. The number of amides is 1. The van der Waals surface area contributed by atoms with Crippen molar-refractivity contribution in [2.24, 2.45) is 0 Å². The Labute approximate surface area is 120 Å². The van der Waals surface area contributed by atoms with E-state index in [4.69, 9.17) is 23.2 Å². The molecule has 0 spiro atoms. The SMILES string of the molecule is O=C1Nc2ccccc2C1Nc1ccc(Cl)c(Cl)c1. The van der Waals surface area contributed by atoms with Crippen LogP contribution in [-0.2, 0) is 4.79 Å². The van der Waals surface area contributed by atoms with E-state index in [0.717, 1.165) is 16.9 Å². The fraction of sp³-hybridized carbons (Fsp3) is 0.0714. The van der Waals surface area contributed by atoms with Crippen LogP contribution in [0.3, 0.4) is 0 Å². The topological polar surface area (TPSA) is 41.1 Å². The largest absolute Gasteiger partial charge is 0.370 e. The molecule has 1 unspecified atom stereocenters. The minimum absolute atomic E-state index is 0.0766. The van der Waals surface area contributed by atoms with Gasteiger partial charge in [0.2, 0.25) is 0 Å². The summed E-state index contributed by atoms with van der Waals surface area (Å²) in [4.78, 5) is 12.0. The lowest BCUT2D eigenvalue weighted by Crippen LogP contribution is -2.19. The quantitative estimate of drug-likeness (QED) is 0.875. The standard InChI is InChI=1S/C14H10Cl2N2O/c15-10-6-5-8(7-11(10)16)17-13-9-3-1-2-4-12(9)18-14(13)19/h1-7,13,17H,(H,18,19). The molecule has 2 N–H and O–H groups in total. The Balaban J connectivity index is 1.91. The second kappa shape index (κ2) is 4.76. The van der Waals surface area contributed by atoms with Crippen molar-refractivity contribution >= 4 is 40.5 Å². The molecule has 0 radical (unpaired) electrons. The van der Waals surface area contributed by atoms with Gasteiger partial charge in [0.15, 0.2) is 0 Å². The summed E-state index contributed by atoms with van der Waals surface area (Å²) in [7, 11) is 0. The van der Waals surface area contributed by atoms with E-state index in [2.05, 4.69) is 10.6 Å². The molecule has 1 aliphatic heterocycles. The van der Waals surface area contributed by atoms with Gasteiger partial charge in [-0.05, 0) is 24.3 Å². The summed E-state index contributed by atoms with van der Waals surface area (Å²) in [6.45, 7) is 0. The highest BCUT2D eigenvalue weighted by Crippen LogP contribution is 2.34. The number of fused-ring (bicyclic) bond motifs is 1. The predicted octanol–water partition coefficient (Wildman–Crippen LogP) is 4.10. The molecule has 2 aromatic carbocycles. The van der Waals surface area contributed by atoms with Crippen molar-refractivity contribution in [2.75, 3.05) is 10.6 Å². The van der Waals surface area contributed by atoms with Crippen LogP contribution < -0.4 is 10.6 Å². The van der Waals surface area contributed by atoms with Gasteiger partial charge in [0.25, 0.3) is 5.91 Å². The van der Waals surface area contributed by atoms with E-state index >= 15 is 0 Å². The molecule has 1 atom stereocenters. The highest BCUT2D eigenvalue weighted by atomic mass is 35.5. The zero-order valence-corrected chi connectivity index (χ0v) is 11.3. The fourth-order valence-corrected chi connectivity index (χ4v) is 2.40. The Hall–Kier alpha value is -1.71. The number of carbonyl (C=O) groups is 1. The lowest BCUT2D eigenvalue weighted by molar-refractivity contribution is -0.116. The van der Waals surface area contributed by atoms with Gasteiger partial charge in [-0.15, -0.1) is 0 Å². The van der Waals surface area contributed by atoms with Crippen LogP contribution in [-0.4, -0.2) is 5.91 Å².